The van der Waals surface area contributed by atoms with E-state index in [0.29, 0.717) is 6.54 Å². The number of hydrogen-bond acceptors (Lipinski definition) is 1. The van der Waals surface area contributed by atoms with Crippen molar-refractivity contribution in [2.75, 3.05) is 6.54 Å². The molecule has 0 aromatic heterocycles. The van der Waals surface area contributed by atoms with Gasteiger partial charge in [-0.3, -0.25) is 4.79 Å². The zero-order valence-electron chi connectivity index (χ0n) is 8.62. The van der Waals surface area contributed by atoms with Gasteiger partial charge in [-0.15, -0.1) is 0 Å². The van der Waals surface area contributed by atoms with Crippen molar-refractivity contribution in [2.45, 2.75) is 19.7 Å². The summed E-state index contributed by atoms with van der Waals surface area (Å²) in [6, 6.07) is 10.2. The Morgan fingerprint density at radius 3 is 2.92 bits per heavy atom. The molecule has 1 amide bonds. The summed E-state index contributed by atoms with van der Waals surface area (Å²) >= 11 is 0. The Balaban J connectivity index is 2.13. The van der Waals surface area contributed by atoms with E-state index in [0.717, 1.165) is 12.8 Å². The maximum Gasteiger partial charge on any atom is 0.216 e. The van der Waals surface area contributed by atoms with Crippen LogP contribution >= 0.6 is 0 Å². The maximum absolute atomic E-state index is 10.7. The first-order chi connectivity index (χ1) is 6.83. The van der Waals surface area contributed by atoms with Crippen molar-refractivity contribution < 1.29 is 6.17 Å². The Labute approximate surface area is 80.4 Å². The van der Waals surface area contributed by atoms with Crippen LogP contribution in [0.3, 0.4) is 0 Å². The number of aryl methyl sites for hydroxylation is 1. The minimum Gasteiger partial charge on any atom is -0.356 e. The molecule has 0 saturated heterocycles. The third-order valence-electron chi connectivity index (χ3n) is 1.81. The van der Waals surface area contributed by atoms with Crippen molar-refractivity contribution in [3.63, 3.8) is 0 Å². The largest absolute Gasteiger partial charge is 0.356 e. The van der Waals surface area contributed by atoms with Crippen molar-refractivity contribution in [1.29, 1.82) is 0 Å². The Bertz CT molecular complexity index is 274. The van der Waals surface area contributed by atoms with E-state index in [2.05, 4.69) is 17.4 Å². The molecule has 0 aliphatic carbocycles. The fourth-order valence-corrected chi connectivity index (χ4v) is 1.16. The molecule has 1 aromatic carbocycles. The molecule has 1 N–H and O–H groups in total. The Kier molecular flexibility index (Phi) is 3.42. The van der Waals surface area contributed by atoms with E-state index in [1.54, 1.807) is 0 Å². The first-order valence-corrected chi connectivity index (χ1v) is 4.43. The fourth-order valence-electron chi connectivity index (χ4n) is 1.16. The molecule has 0 aliphatic heterocycles. The summed E-state index contributed by atoms with van der Waals surface area (Å²) < 4.78 is 6.80. The Hall–Kier alpha value is -1.31. The van der Waals surface area contributed by atoms with Gasteiger partial charge in [0, 0.05) is 14.8 Å². The molecule has 13 heavy (non-hydrogen) atoms. The van der Waals surface area contributed by atoms with Crippen molar-refractivity contribution in [3.05, 3.63) is 35.9 Å². The first kappa shape index (κ1) is 8.30. The standard InChI is InChI=1S/C11H15NO/c1-10(13)12-9-5-8-11-6-3-2-4-7-11/h2-4,6-7H,5,8-9H2,1H3,(H,12,13)/i1D. The van der Waals surface area contributed by atoms with Crippen LogP contribution in [0.25, 0.3) is 0 Å². The lowest BCUT2D eigenvalue weighted by Gasteiger charge is -2.01. The van der Waals surface area contributed by atoms with Crippen molar-refractivity contribution in [3.8, 4) is 0 Å². The highest BCUT2D eigenvalue weighted by molar-refractivity contribution is 5.72. The van der Waals surface area contributed by atoms with E-state index in [-0.39, 0.29) is 12.8 Å². The summed E-state index contributed by atoms with van der Waals surface area (Å²) in [6.45, 7) is 0.484. The quantitative estimate of drug-likeness (QED) is 0.699. The van der Waals surface area contributed by atoms with E-state index in [1.165, 1.54) is 5.56 Å². The van der Waals surface area contributed by atoms with Crippen LogP contribution in [0.5, 0.6) is 0 Å². The number of benzene rings is 1. The van der Waals surface area contributed by atoms with Crippen LogP contribution in [0.1, 0.15) is 20.3 Å². The minimum absolute atomic E-state index is 0.175. The number of carbonyl (C=O) groups is 1. The van der Waals surface area contributed by atoms with Gasteiger partial charge in [0.25, 0.3) is 0 Å². The molecular weight excluding hydrogens is 162 g/mol. The van der Waals surface area contributed by atoms with Crippen LogP contribution in [0.2, 0.25) is 0 Å². The molecule has 1 aromatic rings. The average Bonchev–Trinajstić information content (AvgIpc) is 2.25. The van der Waals surface area contributed by atoms with Crippen molar-refractivity contribution in [2.24, 2.45) is 0 Å². The molecule has 0 heterocycles. The lowest BCUT2D eigenvalue weighted by molar-refractivity contribution is -0.118. The molecule has 0 radical (unpaired) electrons. The van der Waals surface area contributed by atoms with Crippen LogP contribution in [0, 0.1) is 0 Å². The van der Waals surface area contributed by atoms with Gasteiger partial charge in [0.1, 0.15) is 0 Å². The maximum atomic E-state index is 10.7. The number of hydrogen-bond donors (Lipinski definition) is 1. The van der Waals surface area contributed by atoms with Crippen LogP contribution in [0.4, 0.5) is 0 Å². The molecule has 0 spiro atoms. The van der Waals surface area contributed by atoms with Crippen molar-refractivity contribution in [1.82, 2.24) is 5.32 Å². The van der Waals surface area contributed by atoms with Crippen LogP contribution < -0.4 is 5.32 Å². The predicted molar refractivity (Wildman–Crippen MR) is 53.4 cm³/mol. The molecule has 0 fully saturated rings. The van der Waals surface area contributed by atoms with E-state index in [9.17, 15) is 4.79 Å². The smallest absolute Gasteiger partial charge is 0.216 e. The summed E-state index contributed by atoms with van der Waals surface area (Å²) in [5.41, 5.74) is 1.28. The van der Waals surface area contributed by atoms with E-state index < -0.39 is 0 Å². The minimum atomic E-state index is -0.196. The second kappa shape index (κ2) is 5.36. The zero-order chi connectivity index (χ0) is 10.2. The molecule has 0 bridgehead atoms. The lowest BCUT2D eigenvalue weighted by Crippen LogP contribution is -2.21. The highest BCUT2D eigenvalue weighted by atomic mass is 16.1. The second-order valence-electron chi connectivity index (χ2n) is 2.94. The number of nitrogens with one attached hydrogen (secondary N) is 1. The average molecular weight is 178 g/mol. The Morgan fingerprint density at radius 2 is 2.23 bits per heavy atom. The van der Waals surface area contributed by atoms with Gasteiger partial charge in [0.2, 0.25) is 5.91 Å². The van der Waals surface area contributed by atoms with Gasteiger partial charge < -0.3 is 5.32 Å². The molecule has 70 valence electrons. The lowest BCUT2D eigenvalue weighted by atomic mass is 10.1. The fraction of sp³-hybridized carbons (Fsp3) is 0.364. The second-order valence-corrected chi connectivity index (χ2v) is 2.94. The molecule has 1 rings (SSSR count). The van der Waals surface area contributed by atoms with Crippen molar-refractivity contribution >= 4 is 5.91 Å². The highest BCUT2D eigenvalue weighted by Gasteiger charge is 1.92. The number of carbonyl (C=O) groups excluding carboxylic acids is 1. The van der Waals surface area contributed by atoms with Gasteiger partial charge in [0.15, 0.2) is 0 Å². The number of rotatable bonds is 4. The molecule has 0 atom stereocenters. The van der Waals surface area contributed by atoms with Gasteiger partial charge in [-0.05, 0) is 18.4 Å². The van der Waals surface area contributed by atoms with Gasteiger partial charge in [-0.1, -0.05) is 30.3 Å². The number of amides is 1. The van der Waals surface area contributed by atoms with E-state index in [4.69, 9.17) is 1.37 Å². The highest BCUT2D eigenvalue weighted by Crippen LogP contribution is 2.01. The summed E-state index contributed by atoms with van der Waals surface area (Å²) in [6.07, 6.45) is 1.90. The summed E-state index contributed by atoms with van der Waals surface area (Å²) in [4.78, 5) is 10.7. The van der Waals surface area contributed by atoms with Crippen LogP contribution in [-0.4, -0.2) is 12.5 Å². The molecule has 2 nitrogen and oxygen atoms in total. The van der Waals surface area contributed by atoms with Gasteiger partial charge in [-0.25, -0.2) is 0 Å². The Morgan fingerprint density at radius 1 is 1.46 bits per heavy atom. The summed E-state index contributed by atoms with van der Waals surface area (Å²) in [5, 5.41) is 2.68. The third kappa shape index (κ3) is 4.31. The third-order valence-corrected chi connectivity index (χ3v) is 1.81. The summed E-state index contributed by atoms with van der Waals surface area (Å²) in [7, 11) is 0. The van der Waals surface area contributed by atoms with E-state index >= 15 is 0 Å². The van der Waals surface area contributed by atoms with E-state index in [1.807, 2.05) is 18.2 Å². The molecule has 0 unspecified atom stereocenters. The normalized spacial score (nSPS) is 10.6. The molecule has 2 heteroatoms. The van der Waals surface area contributed by atoms with Gasteiger partial charge in [0.05, 0.1) is 0 Å². The topological polar surface area (TPSA) is 29.1 Å². The monoisotopic (exact) mass is 178 g/mol. The molecular formula is C11H15NO. The van der Waals surface area contributed by atoms with Crippen LogP contribution in [0.15, 0.2) is 30.3 Å². The van der Waals surface area contributed by atoms with Crippen LogP contribution in [-0.2, 0) is 11.2 Å². The van der Waals surface area contributed by atoms with Gasteiger partial charge in [-0.2, -0.15) is 0 Å². The molecule has 0 aliphatic rings. The first-order valence-electron chi connectivity index (χ1n) is 5.13. The van der Waals surface area contributed by atoms with Gasteiger partial charge >= 0.3 is 0 Å². The molecule has 0 saturated carbocycles. The predicted octanol–water partition coefficient (Wildman–Crippen LogP) is 1.76. The zero-order valence-corrected chi connectivity index (χ0v) is 7.62. The SMILES string of the molecule is [2H]CC(=O)NCCCc1ccccc1. The summed E-state index contributed by atoms with van der Waals surface area (Å²) in [5.74, 6) is -0.196.